The van der Waals surface area contributed by atoms with Gasteiger partial charge in [-0.1, -0.05) is 29.8 Å². The highest BCUT2D eigenvalue weighted by Crippen LogP contribution is 2.33. The van der Waals surface area contributed by atoms with Gasteiger partial charge in [-0.15, -0.1) is 0 Å². The summed E-state index contributed by atoms with van der Waals surface area (Å²) in [6.45, 7) is 4.28. The maximum atomic E-state index is 13.0. The van der Waals surface area contributed by atoms with Crippen LogP contribution in [0.3, 0.4) is 0 Å². The van der Waals surface area contributed by atoms with Gasteiger partial charge in [0.15, 0.2) is 0 Å². The highest BCUT2D eigenvalue weighted by molar-refractivity contribution is 7.91. The molecule has 25 heavy (non-hydrogen) atoms. The van der Waals surface area contributed by atoms with Crippen molar-refractivity contribution in [1.82, 2.24) is 4.98 Å². The van der Waals surface area contributed by atoms with Gasteiger partial charge >= 0.3 is 0 Å². The number of oxazole rings is 1. The summed E-state index contributed by atoms with van der Waals surface area (Å²) in [5.41, 5.74) is 1.70. The average Bonchev–Trinajstić information content (AvgIpc) is 3.00. The molecule has 0 aliphatic rings. The van der Waals surface area contributed by atoms with Gasteiger partial charge in [0.1, 0.15) is 0 Å². The highest BCUT2D eigenvalue weighted by Gasteiger charge is 2.28. The van der Waals surface area contributed by atoms with Crippen LogP contribution in [0, 0.1) is 6.92 Å². The summed E-state index contributed by atoms with van der Waals surface area (Å²) in [6, 6.07) is 13.5. The van der Waals surface area contributed by atoms with E-state index in [4.69, 9.17) is 16.0 Å². The molecule has 3 rings (SSSR count). The molecule has 0 aliphatic heterocycles. The van der Waals surface area contributed by atoms with Gasteiger partial charge in [-0.25, -0.2) is 8.42 Å². The number of nitrogens with one attached hydrogen (secondary N) is 1. The van der Waals surface area contributed by atoms with E-state index in [1.807, 2.05) is 38.1 Å². The molecule has 0 saturated heterocycles. The Bertz CT molecular complexity index is 995. The third-order valence-corrected chi connectivity index (χ3v) is 5.62. The molecule has 0 saturated carbocycles. The van der Waals surface area contributed by atoms with Gasteiger partial charge < -0.3 is 9.73 Å². The number of nitrogens with zero attached hydrogens (tertiary/aromatic N) is 1. The minimum Gasteiger partial charge on any atom is -0.419 e. The second-order valence-electron chi connectivity index (χ2n) is 5.46. The SMILES string of the molecule is CCNc1oc(-c2ccccc2C)nc1S(=O)(=O)c1ccc(Cl)cc1. The first-order chi connectivity index (χ1) is 11.9. The molecule has 0 unspecified atom stereocenters. The molecule has 1 heterocycles. The van der Waals surface area contributed by atoms with E-state index < -0.39 is 9.84 Å². The molecule has 2 aromatic carbocycles. The van der Waals surface area contributed by atoms with E-state index in [0.29, 0.717) is 11.6 Å². The normalized spacial score (nSPS) is 11.5. The summed E-state index contributed by atoms with van der Waals surface area (Å²) in [6.07, 6.45) is 0. The fraction of sp³-hybridized carbons (Fsp3) is 0.167. The fourth-order valence-corrected chi connectivity index (χ4v) is 3.82. The molecule has 1 N–H and O–H groups in total. The van der Waals surface area contributed by atoms with Crippen LogP contribution in [0.2, 0.25) is 5.02 Å². The fourth-order valence-electron chi connectivity index (χ4n) is 2.41. The Kier molecular flexibility index (Phi) is 4.83. The minimum atomic E-state index is -3.83. The van der Waals surface area contributed by atoms with Crippen LogP contribution in [0.5, 0.6) is 0 Å². The molecule has 0 fully saturated rings. The predicted octanol–water partition coefficient (Wildman–Crippen LogP) is 4.57. The molecule has 0 spiro atoms. The number of halogens is 1. The van der Waals surface area contributed by atoms with Crippen molar-refractivity contribution in [2.45, 2.75) is 23.8 Å². The number of hydrogen-bond donors (Lipinski definition) is 1. The zero-order valence-corrected chi connectivity index (χ0v) is 15.4. The Balaban J connectivity index is 2.15. The van der Waals surface area contributed by atoms with Crippen molar-refractivity contribution in [3.63, 3.8) is 0 Å². The monoisotopic (exact) mass is 376 g/mol. The summed E-state index contributed by atoms with van der Waals surface area (Å²) in [5.74, 6) is 0.400. The minimum absolute atomic E-state index is 0.112. The Hall–Kier alpha value is -2.31. The van der Waals surface area contributed by atoms with Crippen LogP contribution in [0.25, 0.3) is 11.5 Å². The van der Waals surface area contributed by atoms with Crippen LogP contribution >= 0.6 is 11.6 Å². The lowest BCUT2D eigenvalue weighted by atomic mass is 10.1. The number of benzene rings is 2. The van der Waals surface area contributed by atoms with Gasteiger partial charge in [0.2, 0.25) is 26.6 Å². The predicted molar refractivity (Wildman–Crippen MR) is 97.7 cm³/mol. The third-order valence-electron chi connectivity index (χ3n) is 3.69. The number of aromatic nitrogens is 1. The zero-order chi connectivity index (χ0) is 18.0. The Labute approximate surface area is 151 Å². The lowest BCUT2D eigenvalue weighted by molar-refractivity contribution is 0.578. The molecule has 0 aliphatic carbocycles. The Morgan fingerprint density at radius 3 is 2.44 bits per heavy atom. The van der Waals surface area contributed by atoms with Crippen molar-refractivity contribution in [2.24, 2.45) is 0 Å². The van der Waals surface area contributed by atoms with E-state index in [0.717, 1.165) is 11.1 Å². The van der Waals surface area contributed by atoms with Crippen LogP contribution in [0.15, 0.2) is 62.9 Å². The van der Waals surface area contributed by atoms with E-state index in [-0.39, 0.29) is 21.7 Å². The van der Waals surface area contributed by atoms with E-state index in [2.05, 4.69) is 10.3 Å². The van der Waals surface area contributed by atoms with Crippen molar-refractivity contribution in [3.8, 4) is 11.5 Å². The Morgan fingerprint density at radius 1 is 1.12 bits per heavy atom. The summed E-state index contributed by atoms with van der Waals surface area (Å²) in [7, 11) is -3.83. The number of hydrogen-bond acceptors (Lipinski definition) is 5. The molecule has 7 heteroatoms. The van der Waals surface area contributed by atoms with E-state index in [1.54, 1.807) is 0 Å². The first-order valence-corrected chi connectivity index (χ1v) is 9.61. The van der Waals surface area contributed by atoms with Crippen molar-refractivity contribution in [2.75, 3.05) is 11.9 Å². The molecule has 1 aromatic heterocycles. The number of aryl methyl sites for hydroxylation is 1. The largest absolute Gasteiger partial charge is 0.419 e. The van der Waals surface area contributed by atoms with Crippen molar-refractivity contribution in [3.05, 3.63) is 59.1 Å². The van der Waals surface area contributed by atoms with Gasteiger partial charge in [-0.2, -0.15) is 4.98 Å². The van der Waals surface area contributed by atoms with Gasteiger partial charge in [0, 0.05) is 17.1 Å². The van der Waals surface area contributed by atoms with Crippen LogP contribution < -0.4 is 5.32 Å². The second-order valence-corrected chi connectivity index (χ2v) is 7.76. The van der Waals surface area contributed by atoms with E-state index in [1.165, 1.54) is 24.3 Å². The molecule has 0 amide bonds. The van der Waals surface area contributed by atoms with Gasteiger partial charge in [-0.05, 0) is 49.7 Å². The van der Waals surface area contributed by atoms with Gasteiger partial charge in [-0.3, -0.25) is 0 Å². The topological polar surface area (TPSA) is 72.2 Å². The first-order valence-electron chi connectivity index (χ1n) is 7.75. The lowest BCUT2D eigenvalue weighted by Gasteiger charge is -2.04. The van der Waals surface area contributed by atoms with Crippen LogP contribution in [-0.2, 0) is 9.84 Å². The first kappa shape index (κ1) is 17.5. The van der Waals surface area contributed by atoms with Crippen molar-refractivity contribution in [1.29, 1.82) is 0 Å². The number of rotatable bonds is 5. The molecule has 130 valence electrons. The lowest BCUT2D eigenvalue weighted by Crippen LogP contribution is -2.07. The molecular formula is C18H17ClN2O3S. The number of sulfone groups is 1. The zero-order valence-electron chi connectivity index (χ0n) is 13.8. The molecular weight excluding hydrogens is 360 g/mol. The quantitative estimate of drug-likeness (QED) is 0.706. The van der Waals surface area contributed by atoms with E-state index in [9.17, 15) is 8.42 Å². The van der Waals surface area contributed by atoms with Crippen LogP contribution in [-0.4, -0.2) is 19.9 Å². The van der Waals surface area contributed by atoms with Gasteiger partial charge in [0.25, 0.3) is 0 Å². The molecule has 5 nitrogen and oxygen atoms in total. The highest BCUT2D eigenvalue weighted by atomic mass is 35.5. The maximum Gasteiger partial charge on any atom is 0.233 e. The summed E-state index contributed by atoms with van der Waals surface area (Å²) in [5, 5.41) is 3.27. The maximum absolute atomic E-state index is 13.0. The summed E-state index contributed by atoms with van der Waals surface area (Å²) in [4.78, 5) is 4.39. The van der Waals surface area contributed by atoms with Gasteiger partial charge in [0.05, 0.1) is 4.90 Å². The average molecular weight is 377 g/mol. The second kappa shape index (κ2) is 6.90. The smallest absolute Gasteiger partial charge is 0.233 e. The van der Waals surface area contributed by atoms with Crippen LogP contribution in [0.4, 0.5) is 5.88 Å². The van der Waals surface area contributed by atoms with Crippen molar-refractivity contribution < 1.29 is 12.8 Å². The van der Waals surface area contributed by atoms with Crippen LogP contribution in [0.1, 0.15) is 12.5 Å². The summed E-state index contributed by atoms with van der Waals surface area (Å²) >= 11 is 5.85. The number of anilines is 1. The third kappa shape index (κ3) is 3.41. The van der Waals surface area contributed by atoms with Crippen molar-refractivity contribution >= 4 is 27.3 Å². The van der Waals surface area contributed by atoms with E-state index >= 15 is 0 Å². The summed E-state index contributed by atoms with van der Waals surface area (Å²) < 4.78 is 31.7. The molecule has 0 bridgehead atoms. The Morgan fingerprint density at radius 2 is 1.80 bits per heavy atom. The molecule has 0 radical (unpaired) electrons. The molecule has 3 aromatic rings. The standard InChI is InChI=1S/C18H17ClN2O3S/c1-3-20-17-18(25(22,23)14-10-8-13(19)9-11-14)21-16(24-17)15-7-5-4-6-12(15)2/h4-11,20H,3H2,1-2H3. The molecule has 0 atom stereocenters.